The van der Waals surface area contributed by atoms with E-state index in [9.17, 15) is 9.90 Å². The second-order valence-electron chi connectivity index (χ2n) is 4.89. The number of amides is 1. The molecular weight excluding hydrogens is 276 g/mol. The molecule has 0 bridgehead atoms. The number of hydrogen-bond acceptors (Lipinski definition) is 7. The van der Waals surface area contributed by atoms with Gasteiger partial charge in [0.15, 0.2) is 12.7 Å². The second kappa shape index (κ2) is 5.58. The van der Waals surface area contributed by atoms with Gasteiger partial charge in [-0.25, -0.2) is 5.32 Å². The lowest BCUT2D eigenvalue weighted by Gasteiger charge is -2.37. The highest BCUT2D eigenvalue weighted by Gasteiger charge is 2.41. The molecule has 8 heteroatoms. The van der Waals surface area contributed by atoms with Crippen LogP contribution in [-0.2, 0) is 9.53 Å². The Morgan fingerprint density at radius 3 is 2.71 bits per heavy atom. The van der Waals surface area contributed by atoms with Crippen LogP contribution in [0.3, 0.4) is 0 Å². The Hall–Kier alpha value is -1.71. The molecule has 8 nitrogen and oxygen atoms in total. The molecule has 5 N–H and O–H groups in total. The Morgan fingerprint density at radius 1 is 1.19 bits per heavy atom. The number of aliphatic hydroxyl groups excluding tert-OH is 1. The first-order valence-corrected chi connectivity index (χ1v) is 6.61. The molecule has 0 spiro atoms. The Labute approximate surface area is 121 Å². The number of methoxy groups -OCH3 is 2. The van der Waals surface area contributed by atoms with Gasteiger partial charge in [0.25, 0.3) is 0 Å². The molecule has 3 rings (SSSR count). The first-order valence-electron chi connectivity index (χ1n) is 6.61. The number of nitrogens with one attached hydrogen (secondary N) is 4. The standard InChI is InChI=1S/C13H18N4O4/c1-20-7-5-3-4-6-8(11(18)14-9(6)7)10-15-12(19)17-13(16-10)21-2/h3-5,8,10,12-13,15-17,19H,1-2H3,(H,14,18). The van der Waals surface area contributed by atoms with Crippen molar-refractivity contribution in [2.24, 2.45) is 0 Å². The zero-order chi connectivity index (χ0) is 15.0. The van der Waals surface area contributed by atoms with E-state index in [-0.39, 0.29) is 5.91 Å². The molecule has 1 saturated heterocycles. The number of rotatable bonds is 3. The highest BCUT2D eigenvalue weighted by Crippen LogP contribution is 2.40. The van der Waals surface area contributed by atoms with E-state index in [0.717, 1.165) is 5.56 Å². The summed E-state index contributed by atoms with van der Waals surface area (Å²) < 4.78 is 10.4. The molecule has 2 aliphatic heterocycles. The van der Waals surface area contributed by atoms with Crippen molar-refractivity contribution in [1.29, 1.82) is 0 Å². The Balaban J connectivity index is 1.91. The second-order valence-corrected chi connectivity index (χ2v) is 4.89. The first-order chi connectivity index (χ1) is 10.1. The smallest absolute Gasteiger partial charge is 0.235 e. The van der Waals surface area contributed by atoms with Gasteiger partial charge in [-0.05, 0) is 11.6 Å². The average molecular weight is 294 g/mol. The maximum atomic E-state index is 12.3. The number of para-hydroxylation sites is 1. The van der Waals surface area contributed by atoms with Crippen molar-refractivity contribution in [3.63, 3.8) is 0 Å². The maximum absolute atomic E-state index is 12.3. The van der Waals surface area contributed by atoms with Crippen molar-refractivity contribution in [2.45, 2.75) is 24.8 Å². The minimum atomic E-state index is -0.969. The van der Waals surface area contributed by atoms with Crippen molar-refractivity contribution in [3.05, 3.63) is 23.8 Å². The zero-order valence-electron chi connectivity index (χ0n) is 11.7. The summed E-state index contributed by atoms with van der Waals surface area (Å²) >= 11 is 0. The fraction of sp³-hybridized carbons (Fsp3) is 0.462. The van der Waals surface area contributed by atoms with Gasteiger partial charge in [-0.2, -0.15) is 0 Å². The third kappa shape index (κ3) is 2.47. The van der Waals surface area contributed by atoms with E-state index in [0.29, 0.717) is 11.4 Å². The molecule has 21 heavy (non-hydrogen) atoms. The van der Waals surface area contributed by atoms with Crippen LogP contribution in [-0.4, -0.2) is 44.1 Å². The molecule has 0 aromatic heterocycles. The predicted molar refractivity (Wildman–Crippen MR) is 74.4 cm³/mol. The third-order valence-electron chi connectivity index (χ3n) is 3.69. The van der Waals surface area contributed by atoms with Gasteiger partial charge < -0.3 is 19.9 Å². The number of anilines is 1. The van der Waals surface area contributed by atoms with Crippen LogP contribution in [0.4, 0.5) is 5.69 Å². The lowest BCUT2D eigenvalue weighted by Crippen LogP contribution is -2.69. The Bertz CT molecular complexity index is 553. The molecule has 4 atom stereocenters. The lowest BCUT2D eigenvalue weighted by molar-refractivity contribution is -0.120. The van der Waals surface area contributed by atoms with Crippen LogP contribution in [0.25, 0.3) is 0 Å². The molecule has 4 unspecified atom stereocenters. The molecule has 1 aromatic rings. The number of fused-ring (bicyclic) bond motifs is 1. The van der Waals surface area contributed by atoms with Crippen LogP contribution < -0.4 is 26.0 Å². The van der Waals surface area contributed by atoms with Gasteiger partial charge in [0.2, 0.25) is 5.91 Å². The van der Waals surface area contributed by atoms with Crippen LogP contribution in [0.2, 0.25) is 0 Å². The molecule has 0 saturated carbocycles. The molecule has 2 aliphatic rings. The third-order valence-corrected chi connectivity index (χ3v) is 3.69. The topological polar surface area (TPSA) is 104 Å². The van der Waals surface area contributed by atoms with E-state index >= 15 is 0 Å². The molecule has 2 heterocycles. The van der Waals surface area contributed by atoms with E-state index in [1.54, 1.807) is 13.2 Å². The number of hydrogen-bond donors (Lipinski definition) is 5. The van der Waals surface area contributed by atoms with E-state index in [4.69, 9.17) is 9.47 Å². The molecule has 0 radical (unpaired) electrons. The zero-order valence-corrected chi connectivity index (χ0v) is 11.7. The first kappa shape index (κ1) is 14.2. The molecular formula is C13H18N4O4. The van der Waals surface area contributed by atoms with E-state index < -0.39 is 24.8 Å². The minimum Gasteiger partial charge on any atom is -0.495 e. The normalized spacial score (nSPS) is 31.7. The fourth-order valence-electron chi connectivity index (χ4n) is 2.73. The van der Waals surface area contributed by atoms with Gasteiger partial charge in [-0.1, -0.05) is 12.1 Å². The van der Waals surface area contributed by atoms with Crippen molar-refractivity contribution >= 4 is 11.6 Å². The largest absolute Gasteiger partial charge is 0.495 e. The SMILES string of the molecule is COc1cccc2c1NC(=O)C2C1NC(O)NC(OC)N1. The molecule has 1 fully saturated rings. The number of benzene rings is 1. The summed E-state index contributed by atoms with van der Waals surface area (Å²) in [6, 6.07) is 5.48. The van der Waals surface area contributed by atoms with Crippen molar-refractivity contribution in [2.75, 3.05) is 19.5 Å². The molecule has 0 aliphatic carbocycles. The van der Waals surface area contributed by atoms with Crippen LogP contribution in [0.5, 0.6) is 5.75 Å². The van der Waals surface area contributed by atoms with Crippen LogP contribution in [0, 0.1) is 0 Å². The summed E-state index contributed by atoms with van der Waals surface area (Å²) in [5.41, 5.74) is 1.48. The monoisotopic (exact) mass is 294 g/mol. The van der Waals surface area contributed by atoms with Gasteiger partial charge in [0, 0.05) is 7.11 Å². The van der Waals surface area contributed by atoms with Crippen molar-refractivity contribution in [1.82, 2.24) is 16.0 Å². The van der Waals surface area contributed by atoms with Gasteiger partial charge >= 0.3 is 0 Å². The summed E-state index contributed by atoms with van der Waals surface area (Å²) in [4.78, 5) is 12.3. The quantitative estimate of drug-likeness (QED) is 0.489. The summed E-state index contributed by atoms with van der Waals surface area (Å²) in [7, 11) is 3.06. The fourth-order valence-corrected chi connectivity index (χ4v) is 2.73. The van der Waals surface area contributed by atoms with Gasteiger partial charge in [-0.15, -0.1) is 0 Å². The average Bonchev–Trinajstić information content (AvgIpc) is 2.82. The van der Waals surface area contributed by atoms with Gasteiger partial charge in [-0.3, -0.25) is 15.4 Å². The minimum absolute atomic E-state index is 0.163. The summed E-state index contributed by atoms with van der Waals surface area (Å²) in [5.74, 6) is -0.0472. The molecule has 114 valence electrons. The summed E-state index contributed by atoms with van der Waals surface area (Å²) in [6.45, 7) is 0. The Morgan fingerprint density at radius 2 is 2.00 bits per heavy atom. The van der Waals surface area contributed by atoms with Crippen LogP contribution in [0.1, 0.15) is 11.5 Å². The van der Waals surface area contributed by atoms with E-state index in [1.807, 2.05) is 12.1 Å². The Kier molecular flexibility index (Phi) is 3.79. The summed E-state index contributed by atoms with van der Waals surface area (Å²) in [5, 5.41) is 21.3. The lowest BCUT2D eigenvalue weighted by atomic mass is 9.96. The molecule has 1 amide bonds. The highest BCUT2D eigenvalue weighted by atomic mass is 16.5. The van der Waals surface area contributed by atoms with Crippen molar-refractivity contribution in [3.8, 4) is 5.75 Å². The van der Waals surface area contributed by atoms with Gasteiger partial charge in [0.1, 0.15) is 5.75 Å². The van der Waals surface area contributed by atoms with E-state index in [1.165, 1.54) is 7.11 Å². The predicted octanol–water partition coefficient (Wildman–Crippen LogP) is -0.955. The van der Waals surface area contributed by atoms with Crippen LogP contribution in [0.15, 0.2) is 18.2 Å². The highest BCUT2D eigenvalue weighted by molar-refractivity contribution is 6.05. The number of ether oxygens (including phenoxy) is 2. The summed E-state index contributed by atoms with van der Waals surface area (Å²) in [6.07, 6.45) is -1.99. The van der Waals surface area contributed by atoms with E-state index in [2.05, 4.69) is 21.3 Å². The van der Waals surface area contributed by atoms with Crippen molar-refractivity contribution < 1.29 is 19.4 Å². The maximum Gasteiger partial charge on any atom is 0.235 e. The number of aliphatic hydroxyl groups is 1. The number of carbonyl (C=O) groups excluding carboxylic acids is 1. The van der Waals surface area contributed by atoms with Gasteiger partial charge in [0.05, 0.1) is 24.9 Å². The number of carbonyl (C=O) groups is 1. The molecule has 1 aromatic carbocycles. The van der Waals surface area contributed by atoms with Crippen LogP contribution >= 0.6 is 0 Å².